The molecule has 1 rings (SSSR count). The molecule has 22 heavy (non-hydrogen) atoms. The smallest absolute Gasteiger partial charge is 0.328 e. The molecule has 0 unspecified atom stereocenters. The Labute approximate surface area is 133 Å². The van der Waals surface area contributed by atoms with E-state index in [1.54, 1.807) is 0 Å². The quantitative estimate of drug-likeness (QED) is 0.533. The molecule has 0 fully saturated rings. The van der Waals surface area contributed by atoms with Gasteiger partial charge in [0.25, 0.3) is 0 Å². The number of rotatable bonds is 10. The lowest BCUT2D eigenvalue weighted by Crippen LogP contribution is -2.41. The highest BCUT2D eigenvalue weighted by molar-refractivity contribution is 5.84. The molecule has 0 aliphatic heterocycles. The summed E-state index contributed by atoms with van der Waals surface area (Å²) < 4.78 is 4.78. The van der Waals surface area contributed by atoms with Gasteiger partial charge in [-0.15, -0.1) is 0 Å². The highest BCUT2D eigenvalue weighted by Crippen LogP contribution is 2.08. The molecular formula is C18H27NO3. The second-order valence-corrected chi connectivity index (χ2v) is 5.48. The van der Waals surface area contributed by atoms with Crippen LogP contribution in [-0.4, -0.2) is 25.0 Å². The van der Waals surface area contributed by atoms with Gasteiger partial charge < -0.3 is 10.1 Å². The number of nitrogens with one attached hydrogen (secondary N) is 1. The first-order chi connectivity index (χ1) is 10.7. The van der Waals surface area contributed by atoms with Crippen LogP contribution in [0, 0.1) is 0 Å². The molecule has 0 bridgehead atoms. The third kappa shape index (κ3) is 7.25. The molecule has 122 valence electrons. The van der Waals surface area contributed by atoms with Crippen molar-refractivity contribution in [2.24, 2.45) is 0 Å². The molecule has 0 radical (unpaired) electrons. The molecule has 1 amide bonds. The molecule has 0 spiro atoms. The van der Waals surface area contributed by atoms with Gasteiger partial charge in [-0.1, -0.05) is 62.9 Å². The Morgan fingerprint density at radius 2 is 1.86 bits per heavy atom. The van der Waals surface area contributed by atoms with Gasteiger partial charge in [0.15, 0.2) is 0 Å². The van der Waals surface area contributed by atoms with Gasteiger partial charge in [0.2, 0.25) is 5.91 Å². The number of benzene rings is 1. The average molecular weight is 305 g/mol. The van der Waals surface area contributed by atoms with E-state index in [4.69, 9.17) is 4.74 Å². The number of ether oxygens (including phenoxy) is 1. The first-order valence-electron chi connectivity index (χ1n) is 8.08. The van der Waals surface area contributed by atoms with Gasteiger partial charge in [-0.3, -0.25) is 4.79 Å². The first-order valence-corrected chi connectivity index (χ1v) is 8.08. The van der Waals surface area contributed by atoms with Crippen LogP contribution in [0.2, 0.25) is 0 Å². The molecule has 0 aromatic heterocycles. The zero-order valence-electron chi connectivity index (χ0n) is 13.6. The Morgan fingerprint density at radius 1 is 1.14 bits per heavy atom. The fourth-order valence-corrected chi connectivity index (χ4v) is 2.34. The minimum atomic E-state index is -0.523. The normalized spacial score (nSPS) is 11.7. The van der Waals surface area contributed by atoms with E-state index >= 15 is 0 Å². The molecule has 1 aromatic carbocycles. The number of esters is 1. The van der Waals surface area contributed by atoms with Crippen LogP contribution in [0.3, 0.4) is 0 Å². The summed E-state index contributed by atoms with van der Waals surface area (Å²) in [6.07, 6.45) is 5.99. The summed E-state index contributed by atoms with van der Waals surface area (Å²) in [6.45, 7) is 2.14. The summed E-state index contributed by atoms with van der Waals surface area (Å²) in [5, 5.41) is 2.80. The van der Waals surface area contributed by atoms with Crippen LogP contribution in [0.4, 0.5) is 0 Å². The molecule has 0 aliphatic rings. The number of aryl methyl sites for hydroxylation is 1. The number of methoxy groups -OCH3 is 1. The lowest BCUT2D eigenvalue weighted by molar-refractivity contribution is -0.145. The fraction of sp³-hybridized carbons (Fsp3) is 0.556. The summed E-state index contributed by atoms with van der Waals surface area (Å²) >= 11 is 0. The van der Waals surface area contributed by atoms with Gasteiger partial charge in [0, 0.05) is 6.42 Å². The second kappa shape index (κ2) is 10.8. The molecule has 1 aromatic rings. The van der Waals surface area contributed by atoms with E-state index in [0.717, 1.165) is 31.2 Å². The van der Waals surface area contributed by atoms with Gasteiger partial charge in [0.1, 0.15) is 6.04 Å². The van der Waals surface area contributed by atoms with Crippen LogP contribution < -0.4 is 5.32 Å². The van der Waals surface area contributed by atoms with Gasteiger partial charge in [-0.25, -0.2) is 4.79 Å². The van der Waals surface area contributed by atoms with Gasteiger partial charge in [-0.05, 0) is 18.4 Å². The van der Waals surface area contributed by atoms with E-state index in [9.17, 15) is 9.59 Å². The van der Waals surface area contributed by atoms with Gasteiger partial charge >= 0.3 is 5.97 Å². The Balaban J connectivity index is 2.39. The van der Waals surface area contributed by atoms with Gasteiger partial charge in [-0.2, -0.15) is 0 Å². The van der Waals surface area contributed by atoms with E-state index in [0.29, 0.717) is 19.3 Å². The molecular weight excluding hydrogens is 278 g/mol. The van der Waals surface area contributed by atoms with E-state index in [1.807, 2.05) is 30.3 Å². The number of amides is 1. The zero-order valence-corrected chi connectivity index (χ0v) is 13.6. The maximum absolute atomic E-state index is 12.0. The Morgan fingerprint density at radius 3 is 2.50 bits per heavy atom. The molecule has 4 nitrogen and oxygen atoms in total. The predicted molar refractivity (Wildman–Crippen MR) is 87.5 cm³/mol. The van der Waals surface area contributed by atoms with E-state index in [-0.39, 0.29) is 11.9 Å². The number of hydrogen-bond donors (Lipinski definition) is 1. The van der Waals surface area contributed by atoms with Crippen LogP contribution in [0.1, 0.15) is 51.0 Å². The van der Waals surface area contributed by atoms with Crippen molar-refractivity contribution in [1.82, 2.24) is 5.32 Å². The van der Waals surface area contributed by atoms with Crippen LogP contribution in [0.25, 0.3) is 0 Å². The van der Waals surface area contributed by atoms with Crippen molar-refractivity contribution in [3.63, 3.8) is 0 Å². The van der Waals surface area contributed by atoms with E-state index in [1.165, 1.54) is 7.11 Å². The molecule has 4 heteroatoms. The summed E-state index contributed by atoms with van der Waals surface area (Å²) in [7, 11) is 1.36. The van der Waals surface area contributed by atoms with Crippen molar-refractivity contribution in [3.05, 3.63) is 35.9 Å². The fourth-order valence-electron chi connectivity index (χ4n) is 2.34. The Bertz CT molecular complexity index is 445. The summed E-state index contributed by atoms with van der Waals surface area (Å²) in [6, 6.07) is 9.33. The van der Waals surface area contributed by atoms with Crippen molar-refractivity contribution in [1.29, 1.82) is 0 Å². The van der Waals surface area contributed by atoms with Crippen molar-refractivity contribution >= 4 is 11.9 Å². The average Bonchev–Trinajstić information content (AvgIpc) is 2.56. The lowest BCUT2D eigenvalue weighted by atomic mass is 10.1. The van der Waals surface area contributed by atoms with Gasteiger partial charge in [0.05, 0.1) is 7.11 Å². The highest BCUT2D eigenvalue weighted by atomic mass is 16.5. The number of carbonyl (C=O) groups excluding carboxylic acids is 2. The minimum absolute atomic E-state index is 0.102. The maximum atomic E-state index is 12.0. The van der Waals surface area contributed by atoms with Crippen LogP contribution in [0.5, 0.6) is 0 Å². The van der Waals surface area contributed by atoms with Crippen molar-refractivity contribution < 1.29 is 14.3 Å². The van der Waals surface area contributed by atoms with E-state index < -0.39 is 6.04 Å². The highest BCUT2D eigenvalue weighted by Gasteiger charge is 2.20. The SMILES string of the molecule is CCCCCC[C@@H](NC(=O)CCc1ccccc1)C(=O)OC. The third-order valence-corrected chi connectivity index (χ3v) is 3.65. The standard InChI is InChI=1S/C18H27NO3/c1-3-4-5-9-12-16(18(21)22-2)19-17(20)14-13-15-10-7-6-8-11-15/h6-8,10-11,16H,3-5,9,12-14H2,1-2H3,(H,19,20)/t16-/m1/s1. The lowest BCUT2D eigenvalue weighted by Gasteiger charge is -2.16. The zero-order chi connectivity index (χ0) is 16.2. The Hall–Kier alpha value is -1.84. The largest absolute Gasteiger partial charge is 0.467 e. The summed E-state index contributed by atoms with van der Waals surface area (Å²) in [5.41, 5.74) is 1.12. The monoisotopic (exact) mass is 305 g/mol. The van der Waals surface area contributed by atoms with Crippen molar-refractivity contribution in [3.8, 4) is 0 Å². The topological polar surface area (TPSA) is 55.4 Å². The Kier molecular flexibility index (Phi) is 8.96. The van der Waals surface area contributed by atoms with Crippen molar-refractivity contribution in [2.75, 3.05) is 7.11 Å². The van der Waals surface area contributed by atoms with Crippen LogP contribution in [-0.2, 0) is 20.7 Å². The minimum Gasteiger partial charge on any atom is -0.467 e. The number of hydrogen-bond acceptors (Lipinski definition) is 3. The number of carbonyl (C=O) groups is 2. The van der Waals surface area contributed by atoms with E-state index in [2.05, 4.69) is 12.2 Å². The third-order valence-electron chi connectivity index (χ3n) is 3.65. The molecule has 0 saturated heterocycles. The van der Waals surface area contributed by atoms with Crippen LogP contribution in [0.15, 0.2) is 30.3 Å². The summed E-state index contributed by atoms with van der Waals surface area (Å²) in [4.78, 5) is 23.8. The first kappa shape index (κ1) is 18.2. The number of unbranched alkanes of at least 4 members (excludes halogenated alkanes) is 3. The van der Waals surface area contributed by atoms with Crippen LogP contribution >= 0.6 is 0 Å². The summed E-state index contributed by atoms with van der Waals surface area (Å²) in [5.74, 6) is -0.459. The predicted octanol–water partition coefficient (Wildman–Crippen LogP) is 3.25. The second-order valence-electron chi connectivity index (χ2n) is 5.48. The molecule has 0 aliphatic carbocycles. The molecule has 0 saturated carbocycles. The maximum Gasteiger partial charge on any atom is 0.328 e. The molecule has 1 N–H and O–H groups in total. The molecule has 0 heterocycles. The molecule has 1 atom stereocenters. The van der Waals surface area contributed by atoms with Crippen molar-refractivity contribution in [2.45, 2.75) is 57.9 Å².